The van der Waals surface area contributed by atoms with Crippen LogP contribution in [-0.2, 0) is 0 Å². The molecule has 17 heavy (non-hydrogen) atoms. The summed E-state index contributed by atoms with van der Waals surface area (Å²) in [4.78, 5) is 5.27. The van der Waals surface area contributed by atoms with Crippen LogP contribution < -0.4 is 0 Å². The molecule has 1 fully saturated rings. The first-order valence-electron chi connectivity index (χ1n) is 7.81. The van der Waals surface area contributed by atoms with E-state index in [9.17, 15) is 0 Å². The van der Waals surface area contributed by atoms with Gasteiger partial charge in [0.05, 0.1) is 0 Å². The summed E-state index contributed by atoms with van der Waals surface area (Å²) in [6.45, 7) is 12.4. The van der Waals surface area contributed by atoms with E-state index in [-0.39, 0.29) is 0 Å². The summed E-state index contributed by atoms with van der Waals surface area (Å²) in [5.41, 5.74) is 0. The first-order chi connectivity index (χ1) is 8.36. The molecule has 0 amide bonds. The largest absolute Gasteiger partial charge is 0.301 e. The fourth-order valence-electron chi connectivity index (χ4n) is 2.67. The van der Waals surface area contributed by atoms with Gasteiger partial charge in [-0.15, -0.1) is 0 Å². The second kappa shape index (κ2) is 9.90. The molecule has 2 heteroatoms. The fourth-order valence-corrected chi connectivity index (χ4v) is 2.67. The molecule has 0 aromatic heterocycles. The zero-order valence-corrected chi connectivity index (χ0v) is 12.1. The Morgan fingerprint density at radius 3 is 1.71 bits per heavy atom. The van der Waals surface area contributed by atoms with Gasteiger partial charge < -0.3 is 9.80 Å². The highest BCUT2D eigenvalue weighted by Crippen LogP contribution is 2.08. The Balaban J connectivity index is 1.91. The molecular weight excluding hydrogens is 208 g/mol. The topological polar surface area (TPSA) is 6.48 Å². The molecule has 0 bridgehead atoms. The second-order valence-corrected chi connectivity index (χ2v) is 5.45. The van der Waals surface area contributed by atoms with Crippen molar-refractivity contribution in [1.82, 2.24) is 9.80 Å². The molecule has 0 aromatic carbocycles. The van der Waals surface area contributed by atoms with Crippen LogP contribution in [-0.4, -0.2) is 49.1 Å². The Labute approximate surface area is 108 Å². The molecule has 0 N–H and O–H groups in total. The quantitative estimate of drug-likeness (QED) is 0.570. The average Bonchev–Trinajstić information content (AvgIpc) is 2.36. The molecule has 1 aliphatic rings. The van der Waals surface area contributed by atoms with E-state index in [1.54, 1.807) is 0 Å². The molecule has 1 heterocycles. The molecule has 2 nitrogen and oxygen atoms in total. The lowest BCUT2D eigenvalue weighted by Crippen LogP contribution is -2.46. The minimum absolute atomic E-state index is 1.30. The lowest BCUT2D eigenvalue weighted by molar-refractivity contribution is 0.131. The molecule has 0 unspecified atom stereocenters. The van der Waals surface area contributed by atoms with E-state index in [0.717, 1.165) is 0 Å². The summed E-state index contributed by atoms with van der Waals surface area (Å²) < 4.78 is 0. The molecule has 1 saturated heterocycles. The van der Waals surface area contributed by atoms with Crippen LogP contribution in [0.25, 0.3) is 0 Å². The third-order valence-electron chi connectivity index (χ3n) is 3.83. The van der Waals surface area contributed by atoms with Crippen molar-refractivity contribution in [3.05, 3.63) is 0 Å². The number of rotatable bonds is 9. The summed E-state index contributed by atoms with van der Waals surface area (Å²) >= 11 is 0. The van der Waals surface area contributed by atoms with Gasteiger partial charge in [0.2, 0.25) is 0 Å². The number of hydrogen-bond donors (Lipinski definition) is 0. The predicted octanol–water partition coefficient (Wildman–Crippen LogP) is 3.37. The maximum Gasteiger partial charge on any atom is 0.0110 e. The number of unbranched alkanes of at least 4 members (excludes halogenated alkanes) is 5. The Bertz CT molecular complexity index is 162. The van der Waals surface area contributed by atoms with E-state index in [2.05, 4.69) is 23.6 Å². The van der Waals surface area contributed by atoms with E-state index in [1.807, 2.05) is 0 Å². The SMILES string of the molecule is CCCCCCCCN1CCN(CCC)CC1. The van der Waals surface area contributed by atoms with Crippen molar-refractivity contribution in [1.29, 1.82) is 0 Å². The summed E-state index contributed by atoms with van der Waals surface area (Å²) in [6, 6.07) is 0. The van der Waals surface area contributed by atoms with Gasteiger partial charge in [-0.3, -0.25) is 0 Å². The summed E-state index contributed by atoms with van der Waals surface area (Å²) in [5.74, 6) is 0. The minimum atomic E-state index is 1.30. The van der Waals surface area contributed by atoms with E-state index in [4.69, 9.17) is 0 Å². The molecule has 102 valence electrons. The molecule has 0 spiro atoms. The van der Waals surface area contributed by atoms with Crippen LogP contribution in [0.15, 0.2) is 0 Å². The highest BCUT2D eigenvalue weighted by atomic mass is 15.3. The van der Waals surface area contributed by atoms with E-state index < -0.39 is 0 Å². The van der Waals surface area contributed by atoms with E-state index >= 15 is 0 Å². The van der Waals surface area contributed by atoms with Gasteiger partial charge in [-0.1, -0.05) is 46.0 Å². The average molecular weight is 240 g/mol. The molecule has 1 aliphatic heterocycles. The van der Waals surface area contributed by atoms with Gasteiger partial charge in [0.1, 0.15) is 0 Å². The van der Waals surface area contributed by atoms with Crippen LogP contribution in [0, 0.1) is 0 Å². The van der Waals surface area contributed by atoms with Crippen LogP contribution in [0.1, 0.15) is 58.8 Å². The molecule has 0 aromatic rings. The Hall–Kier alpha value is -0.0800. The van der Waals surface area contributed by atoms with Crippen LogP contribution >= 0.6 is 0 Å². The van der Waals surface area contributed by atoms with Crippen molar-refractivity contribution in [3.63, 3.8) is 0 Å². The fraction of sp³-hybridized carbons (Fsp3) is 1.00. The predicted molar refractivity (Wildman–Crippen MR) is 76.5 cm³/mol. The van der Waals surface area contributed by atoms with Gasteiger partial charge in [0, 0.05) is 26.2 Å². The number of hydrogen-bond acceptors (Lipinski definition) is 2. The highest BCUT2D eigenvalue weighted by molar-refractivity contribution is 4.71. The lowest BCUT2D eigenvalue weighted by Gasteiger charge is -2.34. The Morgan fingerprint density at radius 1 is 0.588 bits per heavy atom. The van der Waals surface area contributed by atoms with Crippen molar-refractivity contribution in [2.75, 3.05) is 39.3 Å². The number of piperazine rings is 1. The second-order valence-electron chi connectivity index (χ2n) is 5.45. The molecule has 0 aliphatic carbocycles. The third-order valence-corrected chi connectivity index (χ3v) is 3.83. The van der Waals surface area contributed by atoms with Gasteiger partial charge in [0.25, 0.3) is 0 Å². The standard InChI is InChI=1S/C15H32N2/c1-3-5-6-7-8-9-11-17-14-12-16(10-4-2)13-15-17/h3-15H2,1-2H3. The minimum Gasteiger partial charge on any atom is -0.301 e. The first-order valence-corrected chi connectivity index (χ1v) is 7.81. The molecular formula is C15H32N2. The molecule has 0 atom stereocenters. The maximum absolute atomic E-state index is 2.66. The zero-order valence-electron chi connectivity index (χ0n) is 12.1. The molecule has 0 radical (unpaired) electrons. The van der Waals surface area contributed by atoms with Crippen LogP contribution in [0.2, 0.25) is 0 Å². The van der Waals surface area contributed by atoms with Crippen LogP contribution in [0.5, 0.6) is 0 Å². The monoisotopic (exact) mass is 240 g/mol. The van der Waals surface area contributed by atoms with Gasteiger partial charge in [-0.25, -0.2) is 0 Å². The van der Waals surface area contributed by atoms with Crippen molar-refractivity contribution >= 4 is 0 Å². The summed E-state index contributed by atoms with van der Waals surface area (Å²) in [7, 11) is 0. The number of nitrogens with zero attached hydrogens (tertiary/aromatic N) is 2. The van der Waals surface area contributed by atoms with Gasteiger partial charge in [-0.05, 0) is 25.9 Å². The maximum atomic E-state index is 2.66. The van der Waals surface area contributed by atoms with E-state index in [0.29, 0.717) is 0 Å². The smallest absolute Gasteiger partial charge is 0.0110 e. The first kappa shape index (κ1) is 15.0. The van der Waals surface area contributed by atoms with Crippen LogP contribution in [0.3, 0.4) is 0 Å². The normalized spacial score (nSPS) is 18.7. The van der Waals surface area contributed by atoms with Crippen molar-refractivity contribution < 1.29 is 0 Å². The molecule has 0 saturated carbocycles. The highest BCUT2D eigenvalue weighted by Gasteiger charge is 2.14. The molecule has 1 rings (SSSR count). The van der Waals surface area contributed by atoms with Gasteiger partial charge in [0.15, 0.2) is 0 Å². The summed E-state index contributed by atoms with van der Waals surface area (Å²) in [5, 5.41) is 0. The summed E-state index contributed by atoms with van der Waals surface area (Å²) in [6.07, 6.45) is 9.84. The van der Waals surface area contributed by atoms with Crippen molar-refractivity contribution in [2.45, 2.75) is 58.8 Å². The Morgan fingerprint density at radius 2 is 1.12 bits per heavy atom. The van der Waals surface area contributed by atoms with Crippen LogP contribution in [0.4, 0.5) is 0 Å². The Kier molecular flexibility index (Phi) is 8.72. The van der Waals surface area contributed by atoms with Gasteiger partial charge >= 0.3 is 0 Å². The van der Waals surface area contributed by atoms with Gasteiger partial charge in [-0.2, -0.15) is 0 Å². The van der Waals surface area contributed by atoms with Crippen molar-refractivity contribution in [2.24, 2.45) is 0 Å². The lowest BCUT2D eigenvalue weighted by atomic mass is 10.1. The van der Waals surface area contributed by atoms with Crippen molar-refractivity contribution in [3.8, 4) is 0 Å². The zero-order chi connectivity index (χ0) is 12.3. The third kappa shape index (κ3) is 7.05. The van der Waals surface area contributed by atoms with E-state index in [1.165, 1.54) is 84.2 Å².